The van der Waals surface area contributed by atoms with Crippen molar-refractivity contribution in [3.63, 3.8) is 0 Å². The lowest BCUT2D eigenvalue weighted by atomic mass is 9.95. The topological polar surface area (TPSA) is 92.4 Å². The largest absolute Gasteiger partial charge is 0.486 e. The van der Waals surface area contributed by atoms with Gasteiger partial charge in [-0.1, -0.05) is 12.1 Å². The maximum atomic E-state index is 12.7. The summed E-state index contributed by atoms with van der Waals surface area (Å²) >= 11 is 0. The van der Waals surface area contributed by atoms with Crippen LogP contribution in [0.15, 0.2) is 36.4 Å². The van der Waals surface area contributed by atoms with Crippen LogP contribution in [0.3, 0.4) is 0 Å². The van der Waals surface area contributed by atoms with Crippen molar-refractivity contribution in [1.29, 1.82) is 0 Å². The Morgan fingerprint density at radius 1 is 0.943 bits per heavy atom. The monoisotopic (exact) mass is 480 g/mol. The first kappa shape index (κ1) is 23.4. The Hall–Kier alpha value is -3.30. The third kappa shape index (κ3) is 5.36. The number of anilines is 2. The van der Waals surface area contributed by atoms with E-state index in [0.717, 1.165) is 38.0 Å². The van der Waals surface area contributed by atoms with Crippen LogP contribution in [0.25, 0.3) is 0 Å². The molecule has 186 valence electrons. The second-order valence-electron chi connectivity index (χ2n) is 9.10. The zero-order valence-corrected chi connectivity index (χ0v) is 20.0. The molecular weight excluding hydrogens is 448 g/mol. The predicted molar refractivity (Wildman–Crippen MR) is 132 cm³/mol. The lowest BCUT2D eigenvalue weighted by Crippen LogP contribution is -2.45. The summed E-state index contributed by atoms with van der Waals surface area (Å²) in [6, 6.07) is 11.6. The van der Waals surface area contributed by atoms with Crippen LogP contribution < -0.4 is 25.0 Å². The Labute approximate surface area is 205 Å². The van der Waals surface area contributed by atoms with E-state index in [-0.39, 0.29) is 6.04 Å². The third-order valence-corrected chi connectivity index (χ3v) is 6.79. The molecule has 3 aliphatic heterocycles. The Kier molecular flexibility index (Phi) is 7.06. The predicted octanol–water partition coefficient (Wildman–Crippen LogP) is 1.97. The third-order valence-electron chi connectivity index (χ3n) is 6.79. The number of amides is 2. The number of aryl methyl sites for hydroxylation is 1. The lowest BCUT2D eigenvalue weighted by molar-refractivity contribution is -0.136. The molecule has 3 heterocycles. The van der Waals surface area contributed by atoms with Crippen molar-refractivity contribution in [2.24, 2.45) is 0 Å². The SMILES string of the molecule is CN1CCCc2cc(C(CNC(=O)C(=O)Nc3ccc4c(c3)OCCO4)N3CCOCC3)ccc21. The van der Waals surface area contributed by atoms with E-state index >= 15 is 0 Å². The normalized spacial score (nSPS) is 18.4. The van der Waals surface area contributed by atoms with Gasteiger partial charge in [0.15, 0.2) is 11.5 Å². The first-order valence-corrected chi connectivity index (χ1v) is 12.2. The van der Waals surface area contributed by atoms with Crippen LogP contribution in [-0.2, 0) is 20.7 Å². The Morgan fingerprint density at radius 2 is 1.74 bits per heavy atom. The van der Waals surface area contributed by atoms with E-state index < -0.39 is 11.8 Å². The highest BCUT2D eigenvalue weighted by Crippen LogP contribution is 2.33. The fraction of sp³-hybridized carbons (Fsp3) is 0.462. The number of benzene rings is 2. The van der Waals surface area contributed by atoms with Crippen molar-refractivity contribution in [2.45, 2.75) is 18.9 Å². The molecule has 9 nitrogen and oxygen atoms in total. The highest BCUT2D eigenvalue weighted by Gasteiger charge is 2.26. The van der Waals surface area contributed by atoms with Gasteiger partial charge in [0.25, 0.3) is 0 Å². The summed E-state index contributed by atoms with van der Waals surface area (Å²) in [4.78, 5) is 29.9. The van der Waals surface area contributed by atoms with Crippen LogP contribution >= 0.6 is 0 Å². The van der Waals surface area contributed by atoms with E-state index in [1.165, 1.54) is 11.3 Å². The number of hydrogen-bond donors (Lipinski definition) is 2. The molecule has 35 heavy (non-hydrogen) atoms. The molecule has 2 aromatic carbocycles. The maximum absolute atomic E-state index is 12.7. The molecule has 0 saturated carbocycles. The lowest BCUT2D eigenvalue weighted by Gasteiger charge is -2.36. The van der Waals surface area contributed by atoms with Crippen molar-refractivity contribution >= 4 is 23.2 Å². The number of nitrogens with one attached hydrogen (secondary N) is 2. The van der Waals surface area contributed by atoms with Crippen LogP contribution in [0.1, 0.15) is 23.6 Å². The quantitative estimate of drug-likeness (QED) is 0.632. The number of hydrogen-bond acceptors (Lipinski definition) is 7. The van der Waals surface area contributed by atoms with Crippen LogP contribution in [0, 0.1) is 0 Å². The molecule has 1 atom stereocenters. The van der Waals surface area contributed by atoms with Crippen molar-refractivity contribution in [3.05, 3.63) is 47.5 Å². The van der Waals surface area contributed by atoms with Gasteiger partial charge in [-0.15, -0.1) is 0 Å². The number of rotatable bonds is 5. The van der Waals surface area contributed by atoms with Crippen molar-refractivity contribution in [3.8, 4) is 11.5 Å². The highest BCUT2D eigenvalue weighted by molar-refractivity contribution is 6.39. The fourth-order valence-electron chi connectivity index (χ4n) is 4.94. The molecule has 1 unspecified atom stereocenters. The zero-order valence-electron chi connectivity index (χ0n) is 20.0. The summed E-state index contributed by atoms with van der Waals surface area (Å²) < 4.78 is 16.6. The van der Waals surface area contributed by atoms with Gasteiger partial charge in [0.2, 0.25) is 0 Å². The van der Waals surface area contributed by atoms with Gasteiger partial charge in [-0.2, -0.15) is 0 Å². The standard InChI is InChI=1S/C26H32N4O5/c1-29-8-2-3-18-15-19(4-6-21(18)29)22(30-9-11-33-12-10-30)17-27-25(31)26(32)28-20-5-7-23-24(16-20)35-14-13-34-23/h4-7,15-16,22H,2-3,8-14,17H2,1H3,(H,27,31)(H,28,32). The van der Waals surface area contributed by atoms with Gasteiger partial charge in [0.1, 0.15) is 13.2 Å². The summed E-state index contributed by atoms with van der Waals surface area (Å²) in [6.07, 6.45) is 2.18. The van der Waals surface area contributed by atoms with Crippen LogP contribution in [0.2, 0.25) is 0 Å². The molecular formula is C26H32N4O5. The van der Waals surface area contributed by atoms with Gasteiger partial charge >= 0.3 is 11.8 Å². The molecule has 2 N–H and O–H groups in total. The molecule has 3 aliphatic rings. The summed E-state index contributed by atoms with van der Waals surface area (Å²) in [5.74, 6) is -0.200. The number of ether oxygens (including phenoxy) is 3. The smallest absolute Gasteiger partial charge is 0.313 e. The molecule has 0 aliphatic carbocycles. The van der Waals surface area contributed by atoms with Gasteiger partial charge in [0.05, 0.1) is 19.3 Å². The average molecular weight is 481 g/mol. The van der Waals surface area contributed by atoms with E-state index in [1.807, 2.05) is 0 Å². The van der Waals surface area contributed by atoms with E-state index in [4.69, 9.17) is 14.2 Å². The van der Waals surface area contributed by atoms with E-state index in [2.05, 4.69) is 45.7 Å². The number of fused-ring (bicyclic) bond motifs is 2. The zero-order chi connectivity index (χ0) is 24.2. The van der Waals surface area contributed by atoms with Crippen LogP contribution in [0.5, 0.6) is 11.5 Å². The maximum Gasteiger partial charge on any atom is 0.313 e. The molecule has 9 heteroatoms. The summed E-state index contributed by atoms with van der Waals surface area (Å²) in [5.41, 5.74) is 4.23. The van der Waals surface area contributed by atoms with Crippen molar-refractivity contribution in [2.75, 3.05) is 69.9 Å². The molecule has 2 amide bonds. The Morgan fingerprint density at radius 3 is 2.57 bits per heavy atom. The summed E-state index contributed by atoms with van der Waals surface area (Å²) in [7, 11) is 2.12. The minimum absolute atomic E-state index is 0.0394. The number of morpholine rings is 1. The van der Waals surface area contributed by atoms with Gasteiger partial charge < -0.3 is 29.7 Å². The van der Waals surface area contributed by atoms with E-state index in [0.29, 0.717) is 50.2 Å². The van der Waals surface area contributed by atoms with Gasteiger partial charge in [-0.3, -0.25) is 14.5 Å². The minimum atomic E-state index is -0.713. The number of nitrogens with zero attached hydrogens (tertiary/aromatic N) is 2. The summed E-state index contributed by atoms with van der Waals surface area (Å²) in [5, 5.41) is 5.50. The van der Waals surface area contributed by atoms with Crippen LogP contribution in [0.4, 0.5) is 11.4 Å². The van der Waals surface area contributed by atoms with Gasteiger partial charge in [0, 0.05) is 50.7 Å². The van der Waals surface area contributed by atoms with E-state index in [1.54, 1.807) is 18.2 Å². The molecule has 0 bridgehead atoms. The molecule has 2 aromatic rings. The Balaban J connectivity index is 1.26. The number of carbonyl (C=O) groups excluding carboxylic acids is 2. The first-order chi connectivity index (χ1) is 17.1. The number of carbonyl (C=O) groups is 2. The van der Waals surface area contributed by atoms with Crippen LogP contribution in [-0.4, -0.2) is 76.4 Å². The highest BCUT2D eigenvalue weighted by atomic mass is 16.6. The molecule has 1 fully saturated rings. The Bertz CT molecular complexity index is 1090. The van der Waals surface area contributed by atoms with Crippen molar-refractivity contribution in [1.82, 2.24) is 10.2 Å². The van der Waals surface area contributed by atoms with Gasteiger partial charge in [-0.25, -0.2) is 0 Å². The molecule has 0 aromatic heterocycles. The minimum Gasteiger partial charge on any atom is -0.486 e. The van der Waals surface area contributed by atoms with Gasteiger partial charge in [-0.05, 0) is 42.2 Å². The molecule has 0 radical (unpaired) electrons. The molecule has 1 saturated heterocycles. The molecule has 5 rings (SSSR count). The summed E-state index contributed by atoms with van der Waals surface area (Å²) in [6.45, 7) is 5.21. The van der Waals surface area contributed by atoms with E-state index in [9.17, 15) is 9.59 Å². The average Bonchev–Trinajstić information content (AvgIpc) is 2.89. The second-order valence-corrected chi connectivity index (χ2v) is 9.10. The fourth-order valence-corrected chi connectivity index (χ4v) is 4.94. The van der Waals surface area contributed by atoms with Crippen molar-refractivity contribution < 1.29 is 23.8 Å². The molecule has 0 spiro atoms. The second kappa shape index (κ2) is 10.5. The first-order valence-electron chi connectivity index (χ1n) is 12.2.